The number of carbonyl (C=O) groups is 1. The highest BCUT2D eigenvalue weighted by Crippen LogP contribution is 2.31. The van der Waals surface area contributed by atoms with Crippen molar-refractivity contribution in [2.24, 2.45) is 0 Å². The second-order valence-electron chi connectivity index (χ2n) is 7.49. The first-order valence-electron chi connectivity index (χ1n) is 10.1. The van der Waals surface area contributed by atoms with Crippen molar-refractivity contribution in [2.45, 2.75) is 32.9 Å². The molecular formula is C22H21FN4O5S. The Morgan fingerprint density at radius 3 is 2.73 bits per heavy atom. The van der Waals surface area contributed by atoms with Gasteiger partial charge in [-0.25, -0.2) is 23.2 Å². The average Bonchev–Trinajstić information content (AvgIpc) is 3.41. The van der Waals surface area contributed by atoms with Crippen molar-refractivity contribution >= 4 is 27.5 Å². The van der Waals surface area contributed by atoms with Crippen molar-refractivity contribution in [1.82, 2.24) is 18.9 Å². The second-order valence-corrected chi connectivity index (χ2v) is 8.47. The quantitative estimate of drug-likeness (QED) is 0.443. The molecule has 0 bridgehead atoms. The summed E-state index contributed by atoms with van der Waals surface area (Å²) in [5, 5.41) is 14.6. The second kappa shape index (κ2) is 8.66. The number of benzene rings is 1. The minimum atomic E-state index is -1.36. The fourth-order valence-corrected chi connectivity index (χ4v) is 5.05. The van der Waals surface area contributed by atoms with Crippen molar-refractivity contribution in [2.75, 3.05) is 7.11 Å². The maximum Gasteiger partial charge on any atom is 0.332 e. The van der Waals surface area contributed by atoms with Gasteiger partial charge in [0.05, 0.1) is 12.5 Å². The molecule has 0 aliphatic carbocycles. The molecule has 172 valence electrons. The highest BCUT2D eigenvalue weighted by molar-refractivity contribution is 7.21. The van der Waals surface area contributed by atoms with Crippen LogP contribution in [0.1, 0.15) is 24.1 Å². The van der Waals surface area contributed by atoms with Crippen LogP contribution in [-0.4, -0.2) is 37.1 Å². The summed E-state index contributed by atoms with van der Waals surface area (Å²) in [6.45, 7) is 3.10. The van der Waals surface area contributed by atoms with Gasteiger partial charge in [-0.2, -0.15) is 5.10 Å². The fourth-order valence-electron chi connectivity index (χ4n) is 3.78. The van der Waals surface area contributed by atoms with Crippen molar-refractivity contribution in [3.05, 3.63) is 74.4 Å². The van der Waals surface area contributed by atoms with Crippen LogP contribution >= 0.6 is 11.3 Å². The van der Waals surface area contributed by atoms with Crippen molar-refractivity contribution < 1.29 is 19.0 Å². The summed E-state index contributed by atoms with van der Waals surface area (Å²) < 4.78 is 22.8. The highest BCUT2D eigenvalue weighted by Gasteiger charge is 2.26. The molecule has 1 aromatic carbocycles. The van der Waals surface area contributed by atoms with Gasteiger partial charge in [-0.05, 0) is 50.1 Å². The predicted molar refractivity (Wildman–Crippen MR) is 121 cm³/mol. The Bertz CT molecular complexity index is 1470. The van der Waals surface area contributed by atoms with Gasteiger partial charge in [0, 0.05) is 24.5 Å². The Balaban J connectivity index is 1.95. The van der Waals surface area contributed by atoms with Crippen LogP contribution in [0.3, 0.4) is 0 Å². The monoisotopic (exact) mass is 472 g/mol. The van der Waals surface area contributed by atoms with Crippen molar-refractivity contribution in [3.8, 4) is 10.8 Å². The van der Waals surface area contributed by atoms with Gasteiger partial charge in [0.2, 0.25) is 0 Å². The number of hydrogen-bond donors (Lipinski definition) is 1. The van der Waals surface area contributed by atoms with E-state index in [-0.39, 0.29) is 18.4 Å². The lowest BCUT2D eigenvalue weighted by molar-refractivity contribution is -0.140. The first-order chi connectivity index (χ1) is 15.7. The van der Waals surface area contributed by atoms with Crippen molar-refractivity contribution in [3.63, 3.8) is 0 Å². The summed E-state index contributed by atoms with van der Waals surface area (Å²) in [7, 11) is 1.47. The Hall–Kier alpha value is -3.73. The number of aryl methyl sites for hydroxylation is 3. The Morgan fingerprint density at radius 1 is 1.33 bits per heavy atom. The third-order valence-corrected chi connectivity index (χ3v) is 6.83. The number of ether oxygens (including phenoxy) is 1. The molecule has 33 heavy (non-hydrogen) atoms. The normalized spacial score (nSPS) is 12.2. The number of hydrogen-bond acceptors (Lipinski definition) is 6. The Morgan fingerprint density at radius 2 is 2.09 bits per heavy atom. The van der Waals surface area contributed by atoms with Gasteiger partial charge in [0.15, 0.2) is 0 Å². The lowest BCUT2D eigenvalue weighted by Gasteiger charge is -2.15. The van der Waals surface area contributed by atoms with E-state index in [1.807, 2.05) is 0 Å². The molecule has 1 atom stereocenters. The minimum absolute atomic E-state index is 0.0836. The maximum atomic E-state index is 13.8. The molecule has 11 heteroatoms. The zero-order chi connectivity index (χ0) is 23.9. The number of methoxy groups -OCH3 is 1. The average molecular weight is 472 g/mol. The molecule has 1 N–H and O–H groups in total. The molecule has 9 nitrogen and oxygen atoms in total. The van der Waals surface area contributed by atoms with Crippen LogP contribution in [-0.2, 0) is 17.8 Å². The number of aliphatic carboxylic acids is 1. The lowest BCUT2D eigenvalue weighted by atomic mass is 10.1. The third-order valence-electron chi connectivity index (χ3n) is 5.52. The highest BCUT2D eigenvalue weighted by atomic mass is 32.1. The summed E-state index contributed by atoms with van der Waals surface area (Å²) in [6.07, 6.45) is 3.54. The van der Waals surface area contributed by atoms with E-state index in [2.05, 4.69) is 5.10 Å². The van der Waals surface area contributed by atoms with E-state index in [4.69, 9.17) is 4.74 Å². The van der Waals surface area contributed by atoms with Gasteiger partial charge < -0.3 is 9.84 Å². The largest absolute Gasteiger partial charge is 0.496 e. The fraction of sp³-hybridized carbons (Fsp3) is 0.273. The molecule has 0 aliphatic heterocycles. The van der Waals surface area contributed by atoms with E-state index in [0.717, 1.165) is 4.57 Å². The van der Waals surface area contributed by atoms with E-state index in [0.29, 0.717) is 26.7 Å². The topological polar surface area (TPSA) is 108 Å². The predicted octanol–water partition coefficient (Wildman–Crippen LogP) is 2.75. The smallest absolute Gasteiger partial charge is 0.332 e. The molecule has 4 aromatic rings. The van der Waals surface area contributed by atoms with Gasteiger partial charge in [0.1, 0.15) is 27.4 Å². The molecule has 1 unspecified atom stereocenters. The van der Waals surface area contributed by atoms with Crippen LogP contribution in [0, 0.1) is 12.7 Å². The molecule has 0 amide bonds. The van der Waals surface area contributed by atoms with Crippen LogP contribution < -0.4 is 16.0 Å². The molecule has 0 saturated heterocycles. The SMILES string of the molecule is COc1ccc(F)cc1CCn1c(=O)n(C(C)C(=O)O)c(=O)c2c(C)c(-n3cccn3)sc21. The Kier molecular flexibility index (Phi) is 5.90. The zero-order valence-electron chi connectivity index (χ0n) is 18.1. The van der Waals surface area contributed by atoms with E-state index in [1.54, 1.807) is 30.1 Å². The molecule has 0 saturated carbocycles. The molecule has 0 radical (unpaired) electrons. The van der Waals surface area contributed by atoms with Crippen LogP contribution in [0.15, 0.2) is 46.2 Å². The van der Waals surface area contributed by atoms with Crippen LogP contribution in [0.2, 0.25) is 0 Å². The standard InChI is InChI=1S/C22H21FN4O5S/c1-12-17-18(28)27(13(2)21(29)30)22(31)25(20(17)33-19(12)26-9-4-8-24-26)10-7-14-11-15(23)5-6-16(14)32-3/h4-6,8-9,11,13H,7,10H2,1-3H3,(H,29,30). The summed E-state index contributed by atoms with van der Waals surface area (Å²) in [4.78, 5) is 38.7. The van der Waals surface area contributed by atoms with Crippen LogP contribution in [0.5, 0.6) is 5.75 Å². The number of fused-ring (bicyclic) bond motifs is 1. The third kappa shape index (κ3) is 3.84. The van der Waals surface area contributed by atoms with E-state index < -0.39 is 29.1 Å². The van der Waals surface area contributed by atoms with E-state index in [9.17, 15) is 23.9 Å². The first-order valence-corrected chi connectivity index (χ1v) is 10.9. The minimum Gasteiger partial charge on any atom is -0.496 e. The first kappa shape index (κ1) is 22.5. The molecule has 4 rings (SSSR count). The van der Waals surface area contributed by atoms with Gasteiger partial charge in [-0.3, -0.25) is 9.36 Å². The molecule has 3 aromatic heterocycles. The van der Waals surface area contributed by atoms with Gasteiger partial charge in [-0.15, -0.1) is 0 Å². The number of aromatic nitrogens is 4. The molecule has 0 fully saturated rings. The number of halogens is 1. The molecule has 0 spiro atoms. The maximum absolute atomic E-state index is 13.8. The Labute approximate surface area is 190 Å². The van der Waals surface area contributed by atoms with Crippen LogP contribution in [0.25, 0.3) is 15.2 Å². The summed E-state index contributed by atoms with van der Waals surface area (Å²) in [5.41, 5.74) is -0.281. The molecule has 3 heterocycles. The van der Waals surface area contributed by atoms with Crippen LogP contribution in [0.4, 0.5) is 4.39 Å². The number of nitrogens with zero attached hydrogens (tertiary/aromatic N) is 4. The summed E-state index contributed by atoms with van der Waals surface area (Å²) in [5.74, 6) is -1.28. The molecular weight excluding hydrogens is 451 g/mol. The molecule has 0 aliphatic rings. The summed E-state index contributed by atoms with van der Waals surface area (Å²) >= 11 is 1.21. The van der Waals surface area contributed by atoms with E-state index in [1.165, 1.54) is 48.1 Å². The van der Waals surface area contributed by atoms with Crippen molar-refractivity contribution in [1.29, 1.82) is 0 Å². The zero-order valence-corrected chi connectivity index (χ0v) is 18.9. The number of carboxylic acid groups (broad SMARTS) is 1. The van der Waals surface area contributed by atoms with Gasteiger partial charge in [0.25, 0.3) is 5.56 Å². The summed E-state index contributed by atoms with van der Waals surface area (Å²) in [6, 6.07) is 4.47. The van der Waals surface area contributed by atoms with Gasteiger partial charge >= 0.3 is 11.7 Å². The van der Waals surface area contributed by atoms with Gasteiger partial charge in [-0.1, -0.05) is 11.3 Å². The van der Waals surface area contributed by atoms with E-state index >= 15 is 0 Å². The lowest BCUT2D eigenvalue weighted by Crippen LogP contribution is -2.43. The number of thiophene rings is 1. The number of carboxylic acids is 1. The number of rotatable bonds is 7.